The molecule has 3 rings (SSSR count). The van der Waals surface area contributed by atoms with Gasteiger partial charge in [0.25, 0.3) is 5.91 Å². The van der Waals surface area contributed by atoms with E-state index in [0.29, 0.717) is 17.0 Å². The van der Waals surface area contributed by atoms with Gasteiger partial charge in [-0.2, -0.15) is 0 Å². The predicted molar refractivity (Wildman–Crippen MR) is 99.4 cm³/mol. The van der Waals surface area contributed by atoms with Crippen LogP contribution in [0.25, 0.3) is 0 Å². The van der Waals surface area contributed by atoms with E-state index in [2.05, 4.69) is 5.32 Å². The number of carbonyl (C=O) groups excluding carboxylic acids is 3. The Labute approximate surface area is 160 Å². The normalized spacial score (nSPS) is 19.3. The molecule has 4 amide bonds. The molecule has 1 aliphatic heterocycles. The summed E-state index contributed by atoms with van der Waals surface area (Å²) in [5.41, 5.74) is -0.517. The van der Waals surface area contributed by atoms with Gasteiger partial charge in [-0.1, -0.05) is 18.2 Å². The third-order valence-electron chi connectivity index (χ3n) is 4.58. The van der Waals surface area contributed by atoms with Crippen LogP contribution in [0.15, 0.2) is 41.8 Å². The summed E-state index contributed by atoms with van der Waals surface area (Å²) in [7, 11) is 0. The van der Waals surface area contributed by atoms with Crippen LogP contribution in [0.5, 0.6) is 0 Å². The molecule has 1 aromatic heterocycles. The standard InChI is InChI=1S/C19H20FN3O3S/c1-3-22(11-13-6-4-7-14(20)10-13)16(24)12-23-17(25)19(2,21-18(23)26)15-8-5-9-27-15/h4-10H,3,11-12H2,1-2H3,(H,21,26). The van der Waals surface area contributed by atoms with E-state index in [4.69, 9.17) is 0 Å². The molecular formula is C19H20FN3O3S. The lowest BCUT2D eigenvalue weighted by molar-refractivity contribution is -0.139. The number of hydrogen-bond acceptors (Lipinski definition) is 4. The largest absolute Gasteiger partial charge is 0.337 e. The van der Waals surface area contributed by atoms with Crippen LogP contribution in [0.4, 0.5) is 9.18 Å². The van der Waals surface area contributed by atoms with E-state index in [1.165, 1.54) is 28.4 Å². The lowest BCUT2D eigenvalue weighted by Gasteiger charge is -2.24. The van der Waals surface area contributed by atoms with Gasteiger partial charge >= 0.3 is 6.03 Å². The zero-order valence-corrected chi connectivity index (χ0v) is 15.9. The highest BCUT2D eigenvalue weighted by molar-refractivity contribution is 7.10. The van der Waals surface area contributed by atoms with Crippen molar-refractivity contribution in [2.75, 3.05) is 13.1 Å². The van der Waals surface area contributed by atoms with Crippen molar-refractivity contribution in [1.29, 1.82) is 0 Å². The maximum Gasteiger partial charge on any atom is 0.325 e. The Morgan fingerprint density at radius 2 is 2.07 bits per heavy atom. The molecule has 0 radical (unpaired) electrons. The summed E-state index contributed by atoms with van der Waals surface area (Å²) in [6.07, 6.45) is 0. The number of amides is 4. The van der Waals surface area contributed by atoms with Gasteiger partial charge in [0.15, 0.2) is 5.54 Å². The van der Waals surface area contributed by atoms with Crippen molar-refractivity contribution in [2.45, 2.75) is 25.9 Å². The minimum absolute atomic E-state index is 0.207. The topological polar surface area (TPSA) is 69.7 Å². The van der Waals surface area contributed by atoms with Gasteiger partial charge in [-0.25, -0.2) is 9.18 Å². The number of benzene rings is 1. The van der Waals surface area contributed by atoms with Crippen molar-refractivity contribution in [3.8, 4) is 0 Å². The van der Waals surface area contributed by atoms with Gasteiger partial charge < -0.3 is 10.2 Å². The third-order valence-corrected chi connectivity index (χ3v) is 5.67. The first-order chi connectivity index (χ1) is 12.8. The molecular weight excluding hydrogens is 369 g/mol. The van der Waals surface area contributed by atoms with Gasteiger partial charge in [0.2, 0.25) is 5.91 Å². The van der Waals surface area contributed by atoms with Crippen molar-refractivity contribution in [2.24, 2.45) is 0 Å². The smallest absolute Gasteiger partial charge is 0.325 e. The molecule has 1 atom stereocenters. The fraction of sp³-hybridized carbons (Fsp3) is 0.316. The molecule has 1 aromatic carbocycles. The van der Waals surface area contributed by atoms with E-state index in [0.717, 1.165) is 4.90 Å². The molecule has 1 saturated heterocycles. The van der Waals surface area contributed by atoms with Gasteiger partial charge in [-0.3, -0.25) is 14.5 Å². The number of likely N-dealkylation sites (N-methyl/N-ethyl adjacent to an activating group) is 1. The number of nitrogens with one attached hydrogen (secondary N) is 1. The van der Waals surface area contributed by atoms with Crippen molar-refractivity contribution < 1.29 is 18.8 Å². The predicted octanol–water partition coefficient (Wildman–Crippen LogP) is 2.70. The van der Waals surface area contributed by atoms with Gasteiger partial charge in [-0.15, -0.1) is 11.3 Å². The lowest BCUT2D eigenvalue weighted by Crippen LogP contribution is -2.44. The molecule has 1 N–H and O–H groups in total. The number of hydrogen-bond donors (Lipinski definition) is 1. The molecule has 0 bridgehead atoms. The van der Waals surface area contributed by atoms with Crippen LogP contribution in [0.1, 0.15) is 24.3 Å². The molecule has 27 heavy (non-hydrogen) atoms. The first-order valence-electron chi connectivity index (χ1n) is 8.55. The summed E-state index contributed by atoms with van der Waals surface area (Å²) in [5, 5.41) is 4.50. The molecule has 1 unspecified atom stereocenters. The lowest BCUT2D eigenvalue weighted by atomic mass is 10.0. The number of urea groups is 1. The summed E-state index contributed by atoms with van der Waals surface area (Å²) in [6.45, 7) is 3.65. The Morgan fingerprint density at radius 3 is 2.70 bits per heavy atom. The second-order valence-electron chi connectivity index (χ2n) is 6.46. The Morgan fingerprint density at radius 1 is 1.30 bits per heavy atom. The average Bonchev–Trinajstić information content (AvgIpc) is 3.24. The number of nitrogens with zero attached hydrogens (tertiary/aromatic N) is 2. The molecule has 0 spiro atoms. The van der Waals surface area contributed by atoms with Crippen LogP contribution in [0.3, 0.4) is 0 Å². The first-order valence-corrected chi connectivity index (χ1v) is 9.43. The van der Waals surface area contributed by atoms with Gasteiger partial charge in [0.1, 0.15) is 12.4 Å². The molecule has 8 heteroatoms. The van der Waals surface area contributed by atoms with Crippen molar-refractivity contribution in [1.82, 2.24) is 15.1 Å². The van der Waals surface area contributed by atoms with E-state index in [1.807, 2.05) is 5.38 Å². The van der Waals surface area contributed by atoms with E-state index < -0.39 is 17.5 Å². The molecule has 0 aliphatic carbocycles. The SMILES string of the molecule is CCN(Cc1cccc(F)c1)C(=O)CN1C(=O)NC(C)(c2cccs2)C1=O. The van der Waals surface area contributed by atoms with Gasteiger partial charge in [0.05, 0.1) is 0 Å². The number of imide groups is 1. The molecule has 1 aliphatic rings. The van der Waals surface area contributed by atoms with Crippen LogP contribution in [0, 0.1) is 5.82 Å². The Kier molecular flexibility index (Phi) is 5.27. The fourth-order valence-corrected chi connectivity index (χ4v) is 3.87. The van der Waals surface area contributed by atoms with Gasteiger partial charge in [0, 0.05) is 18.0 Å². The van der Waals surface area contributed by atoms with Crippen molar-refractivity contribution in [3.63, 3.8) is 0 Å². The third kappa shape index (κ3) is 3.71. The monoisotopic (exact) mass is 389 g/mol. The average molecular weight is 389 g/mol. The summed E-state index contributed by atoms with van der Waals surface area (Å²) in [4.78, 5) is 40.9. The molecule has 1 fully saturated rings. The summed E-state index contributed by atoms with van der Waals surface area (Å²) < 4.78 is 13.4. The second-order valence-corrected chi connectivity index (χ2v) is 7.41. The van der Waals surface area contributed by atoms with Crippen LogP contribution >= 0.6 is 11.3 Å². The van der Waals surface area contributed by atoms with E-state index in [1.54, 1.807) is 38.1 Å². The van der Waals surface area contributed by atoms with Crippen molar-refractivity contribution >= 4 is 29.2 Å². The van der Waals surface area contributed by atoms with E-state index in [-0.39, 0.29) is 24.8 Å². The summed E-state index contributed by atoms with van der Waals surface area (Å²) in [6, 6.07) is 8.98. The van der Waals surface area contributed by atoms with E-state index in [9.17, 15) is 18.8 Å². The van der Waals surface area contributed by atoms with Crippen LogP contribution in [-0.4, -0.2) is 40.7 Å². The highest BCUT2D eigenvalue weighted by Gasteiger charge is 2.50. The molecule has 0 saturated carbocycles. The zero-order valence-electron chi connectivity index (χ0n) is 15.1. The maximum absolute atomic E-state index is 13.4. The minimum Gasteiger partial charge on any atom is -0.337 e. The van der Waals surface area contributed by atoms with Crippen molar-refractivity contribution in [3.05, 3.63) is 58.0 Å². The minimum atomic E-state index is -1.16. The number of carbonyl (C=O) groups is 3. The summed E-state index contributed by atoms with van der Waals surface area (Å²) >= 11 is 1.37. The Hall–Kier alpha value is -2.74. The van der Waals surface area contributed by atoms with E-state index >= 15 is 0 Å². The molecule has 142 valence electrons. The van der Waals surface area contributed by atoms with Gasteiger partial charge in [-0.05, 0) is 43.0 Å². The van der Waals surface area contributed by atoms with Crippen LogP contribution in [0.2, 0.25) is 0 Å². The zero-order chi connectivity index (χ0) is 19.6. The molecule has 2 heterocycles. The molecule has 6 nitrogen and oxygen atoms in total. The highest BCUT2D eigenvalue weighted by atomic mass is 32.1. The molecule has 2 aromatic rings. The van der Waals surface area contributed by atoms with Crippen LogP contribution in [-0.2, 0) is 21.7 Å². The Balaban J connectivity index is 1.72. The fourth-order valence-electron chi connectivity index (χ4n) is 3.04. The highest BCUT2D eigenvalue weighted by Crippen LogP contribution is 2.31. The van der Waals surface area contributed by atoms with Crippen LogP contribution < -0.4 is 5.32 Å². The maximum atomic E-state index is 13.4. The number of thiophene rings is 1. The summed E-state index contributed by atoms with van der Waals surface area (Å²) in [5.74, 6) is -1.21. The number of halogens is 1. The second kappa shape index (κ2) is 7.48. The number of rotatable bonds is 6. The first kappa shape index (κ1) is 19.0. The Bertz CT molecular complexity index is 871. The quantitative estimate of drug-likeness (QED) is 0.773.